The molecule has 2 aliphatic heterocycles. The second-order valence-corrected chi connectivity index (χ2v) is 6.23. The van der Waals surface area contributed by atoms with Crippen molar-refractivity contribution in [3.8, 4) is 0 Å². The number of hydrogen-bond donors (Lipinski definition) is 1. The van der Waals surface area contributed by atoms with Crippen LogP contribution in [0.1, 0.15) is 18.9 Å². The Morgan fingerprint density at radius 1 is 1.05 bits per heavy atom. The van der Waals surface area contributed by atoms with Gasteiger partial charge in [-0.2, -0.15) is 0 Å². The third kappa shape index (κ3) is 2.63. The van der Waals surface area contributed by atoms with Crippen molar-refractivity contribution in [3.05, 3.63) is 29.8 Å². The summed E-state index contributed by atoms with van der Waals surface area (Å²) in [5.74, 6) is 0. The SMILES string of the molecule is Cc1ccc(N2CCN([C@@]3(C)CCNC3)CC2)cc1. The van der Waals surface area contributed by atoms with E-state index in [1.165, 1.54) is 37.3 Å². The van der Waals surface area contributed by atoms with Crippen molar-refractivity contribution in [2.75, 3.05) is 44.2 Å². The summed E-state index contributed by atoms with van der Waals surface area (Å²) in [7, 11) is 0. The van der Waals surface area contributed by atoms with Crippen LogP contribution in [-0.4, -0.2) is 49.7 Å². The van der Waals surface area contributed by atoms with Crippen LogP contribution in [-0.2, 0) is 0 Å². The lowest BCUT2D eigenvalue weighted by Gasteiger charge is -2.44. The first kappa shape index (κ1) is 12.9. The van der Waals surface area contributed by atoms with Gasteiger partial charge in [-0.3, -0.25) is 4.90 Å². The molecular formula is C16H25N3. The molecule has 0 saturated carbocycles. The number of nitrogens with one attached hydrogen (secondary N) is 1. The normalized spacial score (nSPS) is 28.8. The zero-order valence-corrected chi connectivity index (χ0v) is 12.2. The van der Waals surface area contributed by atoms with E-state index >= 15 is 0 Å². The summed E-state index contributed by atoms with van der Waals surface area (Å²) in [5.41, 5.74) is 3.10. The summed E-state index contributed by atoms with van der Waals surface area (Å²) in [5, 5.41) is 3.50. The molecule has 2 fully saturated rings. The molecule has 2 heterocycles. The van der Waals surface area contributed by atoms with E-state index in [1.54, 1.807) is 0 Å². The van der Waals surface area contributed by atoms with Crippen LogP contribution in [0.25, 0.3) is 0 Å². The predicted octanol–water partition coefficient (Wildman–Crippen LogP) is 1.87. The van der Waals surface area contributed by atoms with Gasteiger partial charge in [0, 0.05) is 44.0 Å². The minimum atomic E-state index is 0.388. The quantitative estimate of drug-likeness (QED) is 0.875. The van der Waals surface area contributed by atoms with E-state index in [0.29, 0.717) is 5.54 Å². The highest BCUT2D eigenvalue weighted by Gasteiger charge is 2.36. The Hall–Kier alpha value is -1.06. The monoisotopic (exact) mass is 259 g/mol. The Labute approximate surface area is 116 Å². The number of hydrogen-bond acceptors (Lipinski definition) is 3. The minimum absolute atomic E-state index is 0.388. The minimum Gasteiger partial charge on any atom is -0.369 e. The molecular weight excluding hydrogens is 234 g/mol. The van der Waals surface area contributed by atoms with Crippen molar-refractivity contribution in [2.45, 2.75) is 25.8 Å². The molecule has 3 heteroatoms. The molecule has 2 saturated heterocycles. The largest absolute Gasteiger partial charge is 0.369 e. The third-order valence-corrected chi connectivity index (χ3v) is 4.79. The van der Waals surface area contributed by atoms with E-state index in [9.17, 15) is 0 Å². The van der Waals surface area contributed by atoms with Crippen LogP contribution in [0.2, 0.25) is 0 Å². The lowest BCUT2D eigenvalue weighted by Crippen LogP contribution is -2.56. The molecule has 0 amide bonds. The maximum absolute atomic E-state index is 3.50. The number of anilines is 1. The molecule has 0 unspecified atom stereocenters. The Balaban J connectivity index is 1.61. The topological polar surface area (TPSA) is 18.5 Å². The highest BCUT2D eigenvalue weighted by atomic mass is 15.3. The summed E-state index contributed by atoms with van der Waals surface area (Å²) in [6.45, 7) is 11.6. The molecule has 1 aromatic carbocycles. The number of rotatable bonds is 2. The van der Waals surface area contributed by atoms with Crippen molar-refractivity contribution in [2.24, 2.45) is 0 Å². The zero-order valence-electron chi connectivity index (χ0n) is 12.2. The van der Waals surface area contributed by atoms with Gasteiger partial charge in [0.05, 0.1) is 0 Å². The van der Waals surface area contributed by atoms with Gasteiger partial charge >= 0.3 is 0 Å². The first-order valence-corrected chi connectivity index (χ1v) is 7.45. The van der Waals surface area contributed by atoms with E-state index in [2.05, 4.69) is 53.2 Å². The summed E-state index contributed by atoms with van der Waals surface area (Å²) in [6, 6.07) is 8.93. The maximum atomic E-state index is 3.50. The van der Waals surface area contributed by atoms with Gasteiger partial charge in [0.25, 0.3) is 0 Å². The molecule has 3 rings (SSSR count). The first-order valence-electron chi connectivity index (χ1n) is 7.45. The fourth-order valence-electron chi connectivity index (χ4n) is 3.33. The Morgan fingerprint density at radius 2 is 1.74 bits per heavy atom. The predicted molar refractivity (Wildman–Crippen MR) is 80.9 cm³/mol. The van der Waals surface area contributed by atoms with Gasteiger partial charge in [-0.15, -0.1) is 0 Å². The average Bonchev–Trinajstić information content (AvgIpc) is 2.88. The molecule has 19 heavy (non-hydrogen) atoms. The van der Waals surface area contributed by atoms with Crippen LogP contribution >= 0.6 is 0 Å². The van der Waals surface area contributed by atoms with Gasteiger partial charge in [0.2, 0.25) is 0 Å². The number of benzene rings is 1. The Morgan fingerprint density at radius 3 is 2.32 bits per heavy atom. The lowest BCUT2D eigenvalue weighted by molar-refractivity contribution is 0.113. The van der Waals surface area contributed by atoms with E-state index in [0.717, 1.165) is 19.6 Å². The van der Waals surface area contributed by atoms with Crippen LogP contribution in [0, 0.1) is 6.92 Å². The highest BCUT2D eigenvalue weighted by Crippen LogP contribution is 2.25. The van der Waals surface area contributed by atoms with Crippen LogP contribution in [0.5, 0.6) is 0 Å². The molecule has 0 radical (unpaired) electrons. The standard InChI is InChI=1S/C16H25N3/c1-14-3-5-15(6-4-14)18-9-11-19(12-10-18)16(2)7-8-17-13-16/h3-6,17H,7-13H2,1-2H3/t16-/m0/s1. The Bertz CT molecular complexity index is 412. The molecule has 0 bridgehead atoms. The average molecular weight is 259 g/mol. The van der Waals surface area contributed by atoms with Crippen molar-refractivity contribution < 1.29 is 0 Å². The van der Waals surface area contributed by atoms with Gasteiger partial charge in [0.15, 0.2) is 0 Å². The van der Waals surface area contributed by atoms with E-state index in [-0.39, 0.29) is 0 Å². The third-order valence-electron chi connectivity index (χ3n) is 4.79. The van der Waals surface area contributed by atoms with Crippen molar-refractivity contribution in [1.82, 2.24) is 10.2 Å². The van der Waals surface area contributed by atoms with Gasteiger partial charge < -0.3 is 10.2 Å². The fraction of sp³-hybridized carbons (Fsp3) is 0.625. The van der Waals surface area contributed by atoms with Crippen molar-refractivity contribution in [1.29, 1.82) is 0 Å². The molecule has 1 aromatic rings. The van der Waals surface area contributed by atoms with E-state index in [1.807, 2.05) is 0 Å². The van der Waals surface area contributed by atoms with Crippen LogP contribution < -0.4 is 10.2 Å². The molecule has 2 aliphatic rings. The second kappa shape index (κ2) is 5.14. The smallest absolute Gasteiger partial charge is 0.0367 e. The van der Waals surface area contributed by atoms with E-state index in [4.69, 9.17) is 0 Å². The van der Waals surface area contributed by atoms with Crippen LogP contribution in [0.15, 0.2) is 24.3 Å². The summed E-state index contributed by atoms with van der Waals surface area (Å²) in [6.07, 6.45) is 1.29. The molecule has 1 atom stereocenters. The summed E-state index contributed by atoms with van der Waals surface area (Å²) >= 11 is 0. The summed E-state index contributed by atoms with van der Waals surface area (Å²) < 4.78 is 0. The fourth-order valence-corrected chi connectivity index (χ4v) is 3.33. The molecule has 1 N–H and O–H groups in total. The molecule has 104 valence electrons. The molecule has 0 aromatic heterocycles. The van der Waals surface area contributed by atoms with Gasteiger partial charge in [-0.25, -0.2) is 0 Å². The van der Waals surface area contributed by atoms with Crippen LogP contribution in [0.4, 0.5) is 5.69 Å². The van der Waals surface area contributed by atoms with Crippen LogP contribution in [0.3, 0.4) is 0 Å². The van der Waals surface area contributed by atoms with Crippen molar-refractivity contribution in [3.63, 3.8) is 0 Å². The van der Waals surface area contributed by atoms with Crippen molar-refractivity contribution >= 4 is 5.69 Å². The molecule has 0 aliphatic carbocycles. The highest BCUT2D eigenvalue weighted by molar-refractivity contribution is 5.47. The number of aryl methyl sites for hydroxylation is 1. The summed E-state index contributed by atoms with van der Waals surface area (Å²) in [4.78, 5) is 5.19. The number of nitrogens with zero attached hydrogens (tertiary/aromatic N) is 2. The maximum Gasteiger partial charge on any atom is 0.0367 e. The van der Waals surface area contributed by atoms with Gasteiger partial charge in [0.1, 0.15) is 0 Å². The number of piperazine rings is 1. The lowest BCUT2D eigenvalue weighted by atomic mass is 9.98. The van der Waals surface area contributed by atoms with E-state index < -0.39 is 0 Å². The molecule has 3 nitrogen and oxygen atoms in total. The van der Waals surface area contributed by atoms with Gasteiger partial charge in [-0.1, -0.05) is 17.7 Å². The first-order chi connectivity index (χ1) is 9.17. The molecule has 0 spiro atoms. The van der Waals surface area contributed by atoms with Gasteiger partial charge in [-0.05, 0) is 38.9 Å². The Kier molecular flexibility index (Phi) is 3.50. The second-order valence-electron chi connectivity index (χ2n) is 6.23. The zero-order chi connectivity index (χ0) is 13.3.